The number of hydrogen-bond acceptors (Lipinski definition) is 2. The van der Waals surface area contributed by atoms with Gasteiger partial charge in [-0.05, 0) is 29.5 Å². The molecule has 0 saturated carbocycles. The summed E-state index contributed by atoms with van der Waals surface area (Å²) in [6.45, 7) is 7.23. The fourth-order valence-corrected chi connectivity index (χ4v) is 4.00. The van der Waals surface area contributed by atoms with Crippen LogP contribution >= 0.6 is 0 Å². The van der Waals surface area contributed by atoms with Gasteiger partial charge in [0.05, 0.1) is 12.1 Å². The summed E-state index contributed by atoms with van der Waals surface area (Å²) in [6, 6.07) is 10.0. The Hall–Kier alpha value is -1.94. The van der Waals surface area contributed by atoms with Gasteiger partial charge in [0.2, 0.25) is 0 Å². The Morgan fingerprint density at radius 1 is 1.04 bits per heavy atom. The maximum absolute atomic E-state index is 14.4. The van der Waals surface area contributed by atoms with Gasteiger partial charge in [0.15, 0.2) is 0 Å². The van der Waals surface area contributed by atoms with E-state index in [4.69, 9.17) is 4.74 Å². The lowest BCUT2D eigenvalue weighted by Crippen LogP contribution is -2.30. The number of ether oxygens (including phenoxy) is 1. The first-order valence-corrected chi connectivity index (χ1v) is 8.82. The van der Waals surface area contributed by atoms with Crippen molar-refractivity contribution >= 4 is 5.69 Å². The van der Waals surface area contributed by atoms with Crippen molar-refractivity contribution < 1.29 is 13.5 Å². The first-order valence-electron chi connectivity index (χ1n) is 8.82. The lowest BCUT2D eigenvalue weighted by molar-refractivity contribution is 0.0825. The molecular weight excluding hydrogens is 320 g/mol. The predicted molar refractivity (Wildman–Crippen MR) is 94.7 cm³/mol. The van der Waals surface area contributed by atoms with E-state index >= 15 is 0 Å². The second-order valence-corrected chi connectivity index (χ2v) is 8.08. The number of nitrogens with one attached hydrogen (secondary N) is 1. The molecule has 2 aromatic rings. The molecule has 3 unspecified atom stereocenters. The molecule has 3 atom stereocenters. The van der Waals surface area contributed by atoms with Crippen LogP contribution < -0.4 is 5.32 Å². The van der Waals surface area contributed by atoms with E-state index in [1.807, 2.05) is 0 Å². The van der Waals surface area contributed by atoms with E-state index in [-0.39, 0.29) is 23.5 Å². The highest BCUT2D eigenvalue weighted by molar-refractivity contribution is 5.59. The molecule has 2 aliphatic rings. The van der Waals surface area contributed by atoms with E-state index in [9.17, 15) is 8.78 Å². The molecule has 0 radical (unpaired) electrons. The van der Waals surface area contributed by atoms with Crippen LogP contribution in [0, 0.1) is 17.6 Å². The molecule has 0 amide bonds. The van der Waals surface area contributed by atoms with Crippen molar-refractivity contribution in [2.75, 3.05) is 11.9 Å². The topological polar surface area (TPSA) is 21.3 Å². The average molecular weight is 343 g/mol. The molecule has 0 aromatic heterocycles. The Kier molecular flexibility index (Phi) is 3.84. The van der Waals surface area contributed by atoms with Crippen LogP contribution in [0.5, 0.6) is 0 Å². The van der Waals surface area contributed by atoms with E-state index in [1.165, 1.54) is 11.6 Å². The highest BCUT2D eigenvalue weighted by atomic mass is 19.1. The SMILES string of the molecule is CC(C)(C)c1ccc2c(c1)C1OCCC1C(c1ccc(F)cc1F)N2. The largest absolute Gasteiger partial charge is 0.377 e. The number of fused-ring (bicyclic) bond motifs is 3. The van der Waals surface area contributed by atoms with Crippen molar-refractivity contribution in [3.05, 3.63) is 64.7 Å². The van der Waals surface area contributed by atoms with Gasteiger partial charge in [0.25, 0.3) is 0 Å². The molecule has 1 fully saturated rings. The lowest BCUT2D eigenvalue weighted by atomic mass is 9.78. The molecule has 1 saturated heterocycles. The van der Waals surface area contributed by atoms with Crippen molar-refractivity contribution in [3.63, 3.8) is 0 Å². The standard InChI is InChI=1S/C21H23F2NO/c1-21(2,3)12-4-7-18-16(10-12)20-15(8-9-25-20)19(24-18)14-6-5-13(22)11-17(14)23/h4-7,10-11,15,19-20,24H,8-9H2,1-3H3. The molecule has 0 spiro atoms. The second-order valence-electron chi connectivity index (χ2n) is 8.08. The molecular formula is C21H23F2NO. The summed E-state index contributed by atoms with van der Waals surface area (Å²) in [7, 11) is 0. The molecule has 0 bridgehead atoms. The van der Waals surface area contributed by atoms with Gasteiger partial charge in [0, 0.05) is 35.4 Å². The number of rotatable bonds is 1. The zero-order valence-corrected chi connectivity index (χ0v) is 14.8. The molecule has 4 rings (SSSR count). The molecule has 2 nitrogen and oxygen atoms in total. The monoisotopic (exact) mass is 343 g/mol. The summed E-state index contributed by atoms with van der Waals surface area (Å²) in [5.74, 6) is -0.910. The molecule has 0 aliphatic carbocycles. The molecule has 25 heavy (non-hydrogen) atoms. The van der Waals surface area contributed by atoms with Crippen molar-refractivity contribution in [3.8, 4) is 0 Å². The van der Waals surface area contributed by atoms with Gasteiger partial charge in [-0.15, -0.1) is 0 Å². The summed E-state index contributed by atoms with van der Waals surface area (Å²) in [4.78, 5) is 0. The number of benzene rings is 2. The van der Waals surface area contributed by atoms with E-state index in [2.05, 4.69) is 44.3 Å². The maximum Gasteiger partial charge on any atom is 0.131 e. The zero-order valence-electron chi connectivity index (χ0n) is 14.8. The molecule has 1 N–H and O–H groups in total. The van der Waals surface area contributed by atoms with Crippen LogP contribution in [0.3, 0.4) is 0 Å². The van der Waals surface area contributed by atoms with Gasteiger partial charge in [-0.2, -0.15) is 0 Å². The van der Waals surface area contributed by atoms with Gasteiger partial charge < -0.3 is 10.1 Å². The summed E-state index contributed by atoms with van der Waals surface area (Å²) >= 11 is 0. The first-order chi connectivity index (χ1) is 11.8. The van der Waals surface area contributed by atoms with Gasteiger partial charge in [-0.25, -0.2) is 8.78 Å². The third-order valence-corrected chi connectivity index (χ3v) is 5.40. The summed E-state index contributed by atoms with van der Waals surface area (Å²) in [5.41, 5.74) is 3.95. The van der Waals surface area contributed by atoms with Gasteiger partial charge in [0.1, 0.15) is 11.6 Å². The Balaban J connectivity index is 1.77. The fourth-order valence-electron chi connectivity index (χ4n) is 4.00. The normalized spacial score (nSPS) is 25.2. The Morgan fingerprint density at radius 3 is 2.56 bits per heavy atom. The highest BCUT2D eigenvalue weighted by Gasteiger charge is 2.42. The van der Waals surface area contributed by atoms with Crippen molar-refractivity contribution in [2.24, 2.45) is 5.92 Å². The third-order valence-electron chi connectivity index (χ3n) is 5.40. The van der Waals surface area contributed by atoms with Crippen LogP contribution in [-0.2, 0) is 10.2 Å². The van der Waals surface area contributed by atoms with E-state index < -0.39 is 11.6 Å². The van der Waals surface area contributed by atoms with Crippen molar-refractivity contribution in [1.29, 1.82) is 0 Å². The number of hydrogen-bond donors (Lipinski definition) is 1. The average Bonchev–Trinajstić information content (AvgIpc) is 3.03. The third kappa shape index (κ3) is 2.82. The molecule has 2 heterocycles. The van der Waals surface area contributed by atoms with Crippen LogP contribution in [0.2, 0.25) is 0 Å². The Bertz CT molecular complexity index is 812. The van der Waals surface area contributed by atoms with Crippen molar-refractivity contribution in [1.82, 2.24) is 0 Å². The molecule has 2 aliphatic heterocycles. The maximum atomic E-state index is 14.4. The Labute approximate surface area is 147 Å². The van der Waals surface area contributed by atoms with Crippen LogP contribution in [0.4, 0.5) is 14.5 Å². The Morgan fingerprint density at radius 2 is 1.84 bits per heavy atom. The summed E-state index contributed by atoms with van der Waals surface area (Å²) < 4.78 is 33.7. The van der Waals surface area contributed by atoms with Crippen LogP contribution in [0.25, 0.3) is 0 Å². The number of halogens is 2. The summed E-state index contributed by atoms with van der Waals surface area (Å²) in [5, 5.41) is 3.48. The predicted octanol–water partition coefficient (Wildman–Crippen LogP) is 5.51. The second kappa shape index (κ2) is 5.80. The van der Waals surface area contributed by atoms with Crippen molar-refractivity contribution in [2.45, 2.75) is 44.8 Å². The summed E-state index contributed by atoms with van der Waals surface area (Å²) in [6.07, 6.45) is 0.811. The molecule has 132 valence electrons. The molecule has 4 heteroatoms. The van der Waals surface area contributed by atoms with Crippen LogP contribution in [0.1, 0.15) is 56.0 Å². The minimum absolute atomic E-state index is 0.0481. The first kappa shape index (κ1) is 16.5. The molecule has 2 aromatic carbocycles. The van der Waals surface area contributed by atoms with Gasteiger partial charge in [-0.3, -0.25) is 0 Å². The van der Waals surface area contributed by atoms with Gasteiger partial charge >= 0.3 is 0 Å². The van der Waals surface area contributed by atoms with E-state index in [1.54, 1.807) is 6.07 Å². The van der Waals surface area contributed by atoms with Gasteiger partial charge in [-0.1, -0.05) is 39.0 Å². The lowest BCUT2D eigenvalue weighted by Gasteiger charge is -2.37. The quantitative estimate of drug-likeness (QED) is 0.737. The van der Waals surface area contributed by atoms with E-state index in [0.29, 0.717) is 12.2 Å². The zero-order chi connectivity index (χ0) is 17.8. The smallest absolute Gasteiger partial charge is 0.131 e. The highest BCUT2D eigenvalue weighted by Crippen LogP contribution is 2.50. The number of anilines is 1. The van der Waals surface area contributed by atoms with E-state index in [0.717, 1.165) is 23.7 Å². The minimum atomic E-state index is -0.550. The minimum Gasteiger partial charge on any atom is -0.377 e. The fraction of sp³-hybridized carbons (Fsp3) is 0.429. The van der Waals surface area contributed by atoms with Crippen LogP contribution in [-0.4, -0.2) is 6.61 Å². The van der Waals surface area contributed by atoms with Crippen LogP contribution in [0.15, 0.2) is 36.4 Å².